The third kappa shape index (κ3) is 2.87. The number of hydrogen-bond donors (Lipinski definition) is 1. The van der Waals surface area contributed by atoms with Gasteiger partial charge < -0.3 is 10.3 Å². The maximum atomic E-state index is 5.47. The van der Waals surface area contributed by atoms with Crippen molar-refractivity contribution in [2.75, 3.05) is 6.54 Å². The molecule has 0 aromatic carbocycles. The number of aromatic nitrogens is 1. The van der Waals surface area contributed by atoms with E-state index in [1.165, 1.54) is 0 Å². The van der Waals surface area contributed by atoms with Crippen molar-refractivity contribution in [3.05, 3.63) is 17.5 Å². The summed E-state index contributed by atoms with van der Waals surface area (Å²) < 4.78 is 5.05. The van der Waals surface area contributed by atoms with Gasteiger partial charge >= 0.3 is 0 Å². The first-order valence-corrected chi connectivity index (χ1v) is 5.01. The van der Waals surface area contributed by atoms with Crippen molar-refractivity contribution in [3.8, 4) is 0 Å². The minimum Gasteiger partial charge on any atom is -0.360 e. The number of thioether (sulfide) groups is 1. The molecule has 0 aliphatic carbocycles. The summed E-state index contributed by atoms with van der Waals surface area (Å²) in [6, 6.07) is 1.95. The largest absolute Gasteiger partial charge is 0.360 e. The van der Waals surface area contributed by atoms with Crippen LogP contribution in [0, 0.1) is 6.92 Å². The lowest BCUT2D eigenvalue weighted by atomic mass is 10.4. The van der Waals surface area contributed by atoms with E-state index in [0.717, 1.165) is 17.2 Å². The van der Waals surface area contributed by atoms with E-state index in [1.54, 1.807) is 11.8 Å². The summed E-state index contributed by atoms with van der Waals surface area (Å²) in [5, 5.41) is 4.28. The van der Waals surface area contributed by atoms with E-state index in [-0.39, 0.29) is 0 Å². The van der Waals surface area contributed by atoms with E-state index in [0.29, 0.717) is 11.8 Å². The number of aryl methyl sites for hydroxylation is 1. The quantitative estimate of drug-likeness (QED) is 0.775. The Morgan fingerprint density at radius 1 is 1.75 bits per heavy atom. The van der Waals surface area contributed by atoms with Crippen molar-refractivity contribution in [2.24, 2.45) is 5.73 Å². The van der Waals surface area contributed by atoms with E-state index in [4.69, 9.17) is 10.3 Å². The van der Waals surface area contributed by atoms with Crippen LogP contribution < -0.4 is 5.73 Å². The molecule has 2 N–H and O–H groups in total. The zero-order chi connectivity index (χ0) is 8.97. The first kappa shape index (κ1) is 9.61. The van der Waals surface area contributed by atoms with Gasteiger partial charge in [0.1, 0.15) is 5.76 Å². The first-order valence-electron chi connectivity index (χ1n) is 3.96. The highest BCUT2D eigenvalue weighted by Gasteiger charge is 2.03. The van der Waals surface area contributed by atoms with Gasteiger partial charge in [0.15, 0.2) is 0 Å². The molecule has 1 heterocycles. The highest BCUT2D eigenvalue weighted by Crippen LogP contribution is 2.16. The summed E-state index contributed by atoms with van der Waals surface area (Å²) >= 11 is 1.78. The lowest BCUT2D eigenvalue weighted by Crippen LogP contribution is -2.12. The Morgan fingerprint density at radius 3 is 3.00 bits per heavy atom. The van der Waals surface area contributed by atoms with Crippen molar-refractivity contribution in [1.29, 1.82) is 0 Å². The predicted molar refractivity (Wildman–Crippen MR) is 51.1 cm³/mol. The Bertz CT molecular complexity index is 237. The summed E-state index contributed by atoms with van der Waals surface area (Å²) in [5.41, 5.74) is 6.41. The van der Waals surface area contributed by atoms with Crippen LogP contribution in [0.3, 0.4) is 0 Å². The van der Waals surface area contributed by atoms with Gasteiger partial charge in [0.2, 0.25) is 0 Å². The highest BCUT2D eigenvalue weighted by molar-refractivity contribution is 7.99. The molecule has 1 aromatic rings. The molecule has 0 fully saturated rings. The minimum absolute atomic E-state index is 0.482. The lowest BCUT2D eigenvalue weighted by molar-refractivity contribution is 0.391. The Hall–Kier alpha value is -0.480. The summed E-state index contributed by atoms with van der Waals surface area (Å²) in [5.74, 6) is 1.79. The van der Waals surface area contributed by atoms with Crippen molar-refractivity contribution in [2.45, 2.75) is 24.9 Å². The Kier molecular flexibility index (Phi) is 3.62. The van der Waals surface area contributed by atoms with Gasteiger partial charge in [0, 0.05) is 17.9 Å². The summed E-state index contributed by atoms with van der Waals surface area (Å²) in [7, 11) is 0. The Morgan fingerprint density at radius 2 is 2.50 bits per heavy atom. The molecule has 1 unspecified atom stereocenters. The predicted octanol–water partition coefficient (Wildman–Crippen LogP) is 1.56. The van der Waals surface area contributed by atoms with Crippen LogP contribution in [-0.2, 0) is 5.75 Å². The lowest BCUT2D eigenvalue weighted by Gasteiger charge is -2.04. The molecule has 0 radical (unpaired) electrons. The van der Waals surface area contributed by atoms with Gasteiger partial charge in [-0.05, 0) is 6.92 Å². The van der Waals surface area contributed by atoms with Gasteiger partial charge in [-0.15, -0.1) is 11.8 Å². The van der Waals surface area contributed by atoms with Crippen LogP contribution in [-0.4, -0.2) is 17.0 Å². The molecule has 0 saturated heterocycles. The Balaban J connectivity index is 2.33. The normalized spacial score (nSPS) is 13.2. The molecule has 0 aliphatic rings. The zero-order valence-electron chi connectivity index (χ0n) is 7.41. The first-order chi connectivity index (χ1) is 5.72. The summed E-state index contributed by atoms with van der Waals surface area (Å²) in [4.78, 5) is 0. The summed E-state index contributed by atoms with van der Waals surface area (Å²) in [6.45, 7) is 4.73. The SMILES string of the molecule is Cc1cc(CSC(C)CN)on1. The second-order valence-electron chi connectivity index (χ2n) is 2.79. The van der Waals surface area contributed by atoms with Gasteiger partial charge in [-0.2, -0.15) is 0 Å². The zero-order valence-corrected chi connectivity index (χ0v) is 8.23. The maximum absolute atomic E-state index is 5.47. The van der Waals surface area contributed by atoms with E-state index >= 15 is 0 Å². The van der Waals surface area contributed by atoms with Crippen LogP contribution in [0.2, 0.25) is 0 Å². The van der Waals surface area contributed by atoms with Crippen LogP contribution in [0.1, 0.15) is 18.4 Å². The van der Waals surface area contributed by atoms with Crippen LogP contribution in [0.4, 0.5) is 0 Å². The van der Waals surface area contributed by atoms with Crippen molar-refractivity contribution < 1.29 is 4.52 Å². The van der Waals surface area contributed by atoms with Crippen LogP contribution in [0.5, 0.6) is 0 Å². The fourth-order valence-corrected chi connectivity index (χ4v) is 1.50. The van der Waals surface area contributed by atoms with E-state index in [2.05, 4.69) is 12.1 Å². The number of hydrogen-bond acceptors (Lipinski definition) is 4. The molecule has 0 bridgehead atoms. The number of rotatable bonds is 4. The van der Waals surface area contributed by atoms with Crippen LogP contribution in [0.25, 0.3) is 0 Å². The highest BCUT2D eigenvalue weighted by atomic mass is 32.2. The standard InChI is InChI=1S/C8H14N2OS/c1-6-3-8(11-10-6)5-12-7(2)4-9/h3,7H,4-5,9H2,1-2H3. The average molecular weight is 186 g/mol. The molecule has 4 heteroatoms. The molecule has 3 nitrogen and oxygen atoms in total. The molecule has 0 spiro atoms. The maximum Gasteiger partial charge on any atom is 0.146 e. The van der Waals surface area contributed by atoms with E-state index < -0.39 is 0 Å². The van der Waals surface area contributed by atoms with Gasteiger partial charge in [-0.1, -0.05) is 12.1 Å². The molecular weight excluding hydrogens is 172 g/mol. The fraction of sp³-hybridized carbons (Fsp3) is 0.625. The monoisotopic (exact) mass is 186 g/mol. The molecule has 12 heavy (non-hydrogen) atoms. The van der Waals surface area contributed by atoms with Gasteiger partial charge in [0.25, 0.3) is 0 Å². The molecule has 0 amide bonds. The van der Waals surface area contributed by atoms with E-state index in [1.807, 2.05) is 13.0 Å². The second-order valence-corrected chi connectivity index (χ2v) is 4.22. The number of nitrogens with two attached hydrogens (primary N) is 1. The van der Waals surface area contributed by atoms with E-state index in [9.17, 15) is 0 Å². The van der Waals surface area contributed by atoms with Crippen LogP contribution >= 0.6 is 11.8 Å². The van der Waals surface area contributed by atoms with Crippen molar-refractivity contribution >= 4 is 11.8 Å². The minimum atomic E-state index is 0.482. The molecule has 1 atom stereocenters. The molecule has 1 aromatic heterocycles. The fourth-order valence-electron chi connectivity index (χ4n) is 0.777. The van der Waals surface area contributed by atoms with Crippen LogP contribution in [0.15, 0.2) is 10.6 Å². The summed E-state index contributed by atoms with van der Waals surface area (Å²) in [6.07, 6.45) is 0. The van der Waals surface area contributed by atoms with Gasteiger partial charge in [-0.25, -0.2) is 0 Å². The van der Waals surface area contributed by atoms with Crippen molar-refractivity contribution in [3.63, 3.8) is 0 Å². The molecular formula is C8H14N2OS. The Labute approximate surface area is 76.7 Å². The van der Waals surface area contributed by atoms with Crippen molar-refractivity contribution in [1.82, 2.24) is 5.16 Å². The molecule has 0 saturated carbocycles. The third-order valence-corrected chi connectivity index (χ3v) is 2.73. The topological polar surface area (TPSA) is 52.0 Å². The molecule has 1 rings (SSSR count). The smallest absolute Gasteiger partial charge is 0.146 e. The molecule has 68 valence electrons. The number of nitrogens with zero attached hydrogens (tertiary/aromatic N) is 1. The van der Waals surface area contributed by atoms with Gasteiger partial charge in [0.05, 0.1) is 11.4 Å². The molecule has 0 aliphatic heterocycles. The average Bonchev–Trinajstić information content (AvgIpc) is 2.47. The second kappa shape index (κ2) is 4.52. The third-order valence-electron chi connectivity index (χ3n) is 1.52. The van der Waals surface area contributed by atoms with Gasteiger partial charge in [-0.3, -0.25) is 0 Å².